The lowest BCUT2D eigenvalue weighted by Gasteiger charge is -2.34. The number of aromatic nitrogens is 2. The standard InChI is InChI=1S/C28H34N4O2/c1-33-22-13-16-32(18-22)21-9-10-25-24(17-21)28(30-27(29-25)20-7-8-20)31-14-11-19(12-15-31)23-5-3-4-6-26(23)34-2/h3-6,9-10,17,19-20,22H,7-8,11-16,18H2,1-2H3/t22-/m1/s1. The van der Waals surface area contributed by atoms with Crippen LogP contribution in [-0.2, 0) is 4.74 Å². The van der Waals surface area contributed by atoms with Crippen LogP contribution in [0.15, 0.2) is 42.5 Å². The van der Waals surface area contributed by atoms with Crippen molar-refractivity contribution in [3.8, 4) is 5.75 Å². The summed E-state index contributed by atoms with van der Waals surface area (Å²) in [5.41, 5.74) is 3.66. The summed E-state index contributed by atoms with van der Waals surface area (Å²) >= 11 is 0. The summed E-state index contributed by atoms with van der Waals surface area (Å²) in [6.07, 6.45) is 6.03. The van der Waals surface area contributed by atoms with E-state index < -0.39 is 0 Å². The normalized spacial score (nSPS) is 21.4. The minimum absolute atomic E-state index is 0.317. The number of piperidine rings is 1. The van der Waals surface area contributed by atoms with Crippen molar-refractivity contribution >= 4 is 22.4 Å². The second-order valence-corrected chi connectivity index (χ2v) is 9.98. The summed E-state index contributed by atoms with van der Waals surface area (Å²) < 4.78 is 11.2. The maximum atomic E-state index is 5.65. The fourth-order valence-electron chi connectivity index (χ4n) is 5.64. The second kappa shape index (κ2) is 9.06. The number of fused-ring (bicyclic) bond motifs is 1. The first-order valence-electron chi connectivity index (χ1n) is 12.7. The predicted molar refractivity (Wildman–Crippen MR) is 136 cm³/mol. The Hall–Kier alpha value is -2.86. The van der Waals surface area contributed by atoms with Crippen LogP contribution in [0.2, 0.25) is 0 Å². The molecule has 3 fully saturated rings. The van der Waals surface area contributed by atoms with Crippen molar-refractivity contribution in [3.05, 3.63) is 53.9 Å². The number of anilines is 2. The largest absolute Gasteiger partial charge is 0.496 e. The maximum Gasteiger partial charge on any atom is 0.140 e. The van der Waals surface area contributed by atoms with E-state index >= 15 is 0 Å². The molecule has 0 radical (unpaired) electrons. The van der Waals surface area contributed by atoms with Crippen molar-refractivity contribution in [3.63, 3.8) is 0 Å². The van der Waals surface area contributed by atoms with Gasteiger partial charge in [0.1, 0.15) is 17.4 Å². The zero-order valence-corrected chi connectivity index (χ0v) is 20.2. The molecule has 1 saturated carbocycles. The molecule has 6 heteroatoms. The molecular weight excluding hydrogens is 424 g/mol. The van der Waals surface area contributed by atoms with Gasteiger partial charge in [-0.05, 0) is 67.9 Å². The average Bonchev–Trinajstić information content (AvgIpc) is 3.64. The van der Waals surface area contributed by atoms with Crippen LogP contribution in [-0.4, -0.2) is 56.5 Å². The highest BCUT2D eigenvalue weighted by atomic mass is 16.5. The molecule has 3 heterocycles. The van der Waals surface area contributed by atoms with E-state index in [0.29, 0.717) is 17.9 Å². The highest BCUT2D eigenvalue weighted by Gasteiger charge is 2.30. The summed E-state index contributed by atoms with van der Waals surface area (Å²) in [4.78, 5) is 15.1. The average molecular weight is 459 g/mol. The maximum absolute atomic E-state index is 5.65. The molecule has 178 valence electrons. The van der Waals surface area contributed by atoms with Crippen LogP contribution in [0.5, 0.6) is 5.75 Å². The van der Waals surface area contributed by atoms with Gasteiger partial charge in [-0.25, -0.2) is 9.97 Å². The Balaban J connectivity index is 1.30. The number of nitrogens with zero attached hydrogens (tertiary/aromatic N) is 4. The van der Waals surface area contributed by atoms with Gasteiger partial charge in [-0.2, -0.15) is 0 Å². The lowest BCUT2D eigenvalue weighted by Crippen LogP contribution is -2.34. The first-order valence-corrected chi connectivity index (χ1v) is 12.7. The zero-order valence-electron chi connectivity index (χ0n) is 20.2. The quantitative estimate of drug-likeness (QED) is 0.511. The van der Waals surface area contributed by atoms with Crippen molar-refractivity contribution in [2.75, 3.05) is 50.2 Å². The fourth-order valence-corrected chi connectivity index (χ4v) is 5.64. The van der Waals surface area contributed by atoms with Gasteiger partial charge in [-0.15, -0.1) is 0 Å². The molecule has 2 aromatic carbocycles. The van der Waals surface area contributed by atoms with Gasteiger partial charge in [0.05, 0.1) is 18.7 Å². The van der Waals surface area contributed by atoms with E-state index in [2.05, 4.69) is 52.3 Å². The zero-order chi connectivity index (χ0) is 23.1. The van der Waals surface area contributed by atoms with E-state index in [0.717, 1.165) is 68.3 Å². The third-order valence-corrected chi connectivity index (χ3v) is 7.84. The van der Waals surface area contributed by atoms with E-state index in [1.807, 2.05) is 7.11 Å². The molecular formula is C28H34N4O2. The molecule has 2 aliphatic heterocycles. The van der Waals surface area contributed by atoms with Gasteiger partial charge in [-0.3, -0.25) is 0 Å². The van der Waals surface area contributed by atoms with E-state index in [1.54, 1.807) is 7.11 Å². The number of methoxy groups -OCH3 is 2. The molecule has 0 unspecified atom stereocenters. The van der Waals surface area contributed by atoms with Crippen LogP contribution in [0.3, 0.4) is 0 Å². The number of benzene rings is 2. The lowest BCUT2D eigenvalue weighted by atomic mass is 9.88. The minimum Gasteiger partial charge on any atom is -0.496 e. The molecule has 0 bridgehead atoms. The van der Waals surface area contributed by atoms with Gasteiger partial charge in [0.15, 0.2) is 0 Å². The number of rotatable bonds is 6. The van der Waals surface area contributed by atoms with Crippen molar-refractivity contribution in [1.82, 2.24) is 9.97 Å². The Labute approximate surface area is 201 Å². The van der Waals surface area contributed by atoms with Gasteiger partial charge in [0.2, 0.25) is 0 Å². The predicted octanol–water partition coefficient (Wildman–Crippen LogP) is 5.12. The van der Waals surface area contributed by atoms with Gasteiger partial charge in [0, 0.05) is 50.3 Å². The summed E-state index contributed by atoms with van der Waals surface area (Å²) in [6, 6.07) is 15.2. The molecule has 3 aromatic rings. The van der Waals surface area contributed by atoms with Crippen LogP contribution < -0.4 is 14.5 Å². The molecule has 1 aliphatic carbocycles. The number of hydrogen-bond donors (Lipinski definition) is 0. The second-order valence-electron chi connectivity index (χ2n) is 9.98. The van der Waals surface area contributed by atoms with Crippen LogP contribution in [0.25, 0.3) is 10.9 Å². The van der Waals surface area contributed by atoms with Crippen LogP contribution in [0, 0.1) is 0 Å². The first-order chi connectivity index (χ1) is 16.7. The van der Waals surface area contributed by atoms with Gasteiger partial charge in [-0.1, -0.05) is 18.2 Å². The highest BCUT2D eigenvalue weighted by Crippen LogP contribution is 2.42. The Morgan fingerprint density at radius 1 is 0.824 bits per heavy atom. The molecule has 6 rings (SSSR count). The van der Waals surface area contributed by atoms with Crippen LogP contribution in [0.1, 0.15) is 55.3 Å². The van der Waals surface area contributed by atoms with E-state index in [1.165, 1.54) is 29.5 Å². The fraction of sp³-hybridized carbons (Fsp3) is 0.500. The summed E-state index contributed by atoms with van der Waals surface area (Å²) in [5, 5.41) is 1.18. The van der Waals surface area contributed by atoms with E-state index in [4.69, 9.17) is 19.4 Å². The van der Waals surface area contributed by atoms with Gasteiger partial charge in [0.25, 0.3) is 0 Å². The third-order valence-electron chi connectivity index (χ3n) is 7.84. The molecule has 1 atom stereocenters. The molecule has 3 aliphatic rings. The van der Waals surface area contributed by atoms with Gasteiger partial charge >= 0.3 is 0 Å². The summed E-state index contributed by atoms with van der Waals surface area (Å²) in [7, 11) is 3.59. The monoisotopic (exact) mass is 458 g/mol. The third kappa shape index (κ3) is 4.09. The van der Waals surface area contributed by atoms with E-state index in [9.17, 15) is 0 Å². The highest BCUT2D eigenvalue weighted by molar-refractivity contribution is 5.92. The van der Waals surface area contributed by atoms with Crippen molar-refractivity contribution in [1.29, 1.82) is 0 Å². The Bertz CT molecular complexity index is 1170. The Kier molecular flexibility index (Phi) is 5.77. The molecule has 2 saturated heterocycles. The SMILES string of the molecule is COc1ccccc1C1CCN(c2nc(C3CC3)nc3ccc(N4CC[C@@H](OC)C4)cc23)CC1. The molecule has 34 heavy (non-hydrogen) atoms. The van der Waals surface area contributed by atoms with E-state index in [-0.39, 0.29) is 0 Å². The molecule has 1 aromatic heterocycles. The molecule has 6 nitrogen and oxygen atoms in total. The minimum atomic E-state index is 0.317. The molecule has 0 amide bonds. The Morgan fingerprint density at radius 3 is 2.35 bits per heavy atom. The molecule has 0 N–H and O–H groups in total. The summed E-state index contributed by atoms with van der Waals surface area (Å²) in [6.45, 7) is 3.98. The number of para-hydroxylation sites is 1. The van der Waals surface area contributed by atoms with Crippen molar-refractivity contribution in [2.24, 2.45) is 0 Å². The van der Waals surface area contributed by atoms with Crippen molar-refractivity contribution < 1.29 is 9.47 Å². The molecule has 0 spiro atoms. The van der Waals surface area contributed by atoms with Crippen LogP contribution in [0.4, 0.5) is 11.5 Å². The summed E-state index contributed by atoms with van der Waals surface area (Å²) in [5.74, 6) is 4.22. The van der Waals surface area contributed by atoms with Crippen molar-refractivity contribution in [2.45, 2.75) is 50.0 Å². The number of hydrogen-bond acceptors (Lipinski definition) is 6. The smallest absolute Gasteiger partial charge is 0.140 e. The topological polar surface area (TPSA) is 50.7 Å². The number of ether oxygens (including phenoxy) is 2. The van der Waals surface area contributed by atoms with Gasteiger partial charge < -0.3 is 19.3 Å². The Morgan fingerprint density at radius 2 is 1.62 bits per heavy atom. The first kappa shape index (κ1) is 21.7. The van der Waals surface area contributed by atoms with Crippen LogP contribution >= 0.6 is 0 Å². The lowest BCUT2D eigenvalue weighted by molar-refractivity contribution is 0.121.